The molecule has 3 aromatic carbocycles. The van der Waals surface area contributed by atoms with Crippen molar-refractivity contribution in [2.24, 2.45) is 0 Å². The maximum Gasteiger partial charge on any atom is 0.200 e. The first-order valence-corrected chi connectivity index (χ1v) is 8.44. The highest BCUT2D eigenvalue weighted by atomic mass is 35.5. The zero-order chi connectivity index (χ0) is 19.0. The second-order valence-electron chi connectivity index (χ2n) is 5.91. The molecule has 0 aliphatic carbocycles. The molecule has 0 aliphatic heterocycles. The smallest absolute Gasteiger partial charge is 0.200 e. The van der Waals surface area contributed by atoms with Gasteiger partial charge in [-0.3, -0.25) is 0 Å². The Balaban J connectivity index is 1.87. The molecule has 0 fully saturated rings. The van der Waals surface area contributed by atoms with Crippen molar-refractivity contribution < 1.29 is 15.3 Å². The van der Waals surface area contributed by atoms with Gasteiger partial charge in [-0.25, -0.2) is 9.97 Å². The van der Waals surface area contributed by atoms with E-state index in [-0.39, 0.29) is 5.82 Å². The molecule has 4 N–H and O–H groups in total. The third-order valence-corrected chi connectivity index (χ3v) is 4.29. The van der Waals surface area contributed by atoms with Crippen LogP contribution in [0.4, 0.5) is 11.5 Å². The third kappa shape index (κ3) is 3.30. The van der Waals surface area contributed by atoms with E-state index in [4.69, 9.17) is 11.6 Å². The van der Waals surface area contributed by atoms with Crippen LogP contribution in [0.25, 0.3) is 22.3 Å². The molecule has 27 heavy (non-hydrogen) atoms. The molecule has 4 aromatic rings. The fraction of sp³-hybridized carbons (Fsp3) is 0. The number of hydrogen-bond acceptors (Lipinski definition) is 6. The summed E-state index contributed by atoms with van der Waals surface area (Å²) in [7, 11) is 0. The Labute approximate surface area is 159 Å². The van der Waals surface area contributed by atoms with Gasteiger partial charge in [-0.05, 0) is 48.5 Å². The molecule has 0 unspecified atom stereocenters. The van der Waals surface area contributed by atoms with Gasteiger partial charge in [0.25, 0.3) is 0 Å². The molecule has 0 atom stereocenters. The van der Waals surface area contributed by atoms with E-state index < -0.39 is 17.2 Å². The third-order valence-electron chi connectivity index (χ3n) is 4.04. The molecule has 1 aromatic heterocycles. The van der Waals surface area contributed by atoms with E-state index >= 15 is 0 Å². The van der Waals surface area contributed by atoms with Crippen LogP contribution >= 0.6 is 11.6 Å². The van der Waals surface area contributed by atoms with E-state index in [2.05, 4.69) is 15.3 Å². The number of nitrogens with one attached hydrogen (secondary N) is 1. The van der Waals surface area contributed by atoms with E-state index in [0.29, 0.717) is 21.9 Å². The van der Waals surface area contributed by atoms with Crippen LogP contribution in [0.15, 0.2) is 60.7 Å². The summed E-state index contributed by atoms with van der Waals surface area (Å²) in [6.45, 7) is 0. The lowest BCUT2D eigenvalue weighted by atomic mass is 10.1. The molecule has 6 nitrogen and oxygen atoms in total. The number of para-hydroxylation sites is 1. The molecule has 1 heterocycles. The average molecular weight is 380 g/mol. The summed E-state index contributed by atoms with van der Waals surface area (Å²) >= 11 is 5.94. The zero-order valence-corrected chi connectivity index (χ0v) is 14.6. The number of aromatic hydroxyl groups is 3. The number of hydrogen-bond donors (Lipinski definition) is 4. The Kier molecular flexibility index (Phi) is 4.18. The SMILES string of the molecule is Oc1cc(-c2nc(Nc3ccc(Cl)cc3)c3ccccc3n2)cc(O)c1O. The molecule has 0 aliphatic rings. The van der Waals surface area contributed by atoms with Crippen LogP contribution < -0.4 is 5.32 Å². The quantitative estimate of drug-likeness (QED) is 0.381. The standard InChI is InChI=1S/C20H14ClN3O3/c21-12-5-7-13(8-6-12)22-20-14-3-1-2-4-15(14)23-19(24-20)11-9-16(25)18(27)17(26)10-11/h1-10,25-27H,(H,22,23,24). The molecule has 134 valence electrons. The van der Waals surface area contributed by atoms with E-state index in [1.165, 1.54) is 12.1 Å². The van der Waals surface area contributed by atoms with E-state index in [1.807, 2.05) is 36.4 Å². The van der Waals surface area contributed by atoms with Crippen molar-refractivity contribution in [1.82, 2.24) is 9.97 Å². The minimum absolute atomic E-state index is 0.288. The maximum atomic E-state index is 9.79. The van der Waals surface area contributed by atoms with Gasteiger partial charge in [0.2, 0.25) is 0 Å². The maximum absolute atomic E-state index is 9.79. The molecule has 0 saturated heterocycles. The van der Waals surface area contributed by atoms with Gasteiger partial charge >= 0.3 is 0 Å². The number of aromatic nitrogens is 2. The van der Waals surface area contributed by atoms with Gasteiger partial charge in [0, 0.05) is 21.7 Å². The van der Waals surface area contributed by atoms with Crippen LogP contribution in [-0.2, 0) is 0 Å². The van der Waals surface area contributed by atoms with Gasteiger partial charge in [-0.2, -0.15) is 0 Å². The van der Waals surface area contributed by atoms with Crippen LogP contribution in [0, 0.1) is 0 Å². The monoisotopic (exact) mass is 379 g/mol. The van der Waals surface area contributed by atoms with Gasteiger partial charge in [0.05, 0.1) is 5.52 Å². The lowest BCUT2D eigenvalue weighted by Gasteiger charge is -2.12. The fourth-order valence-corrected chi connectivity index (χ4v) is 2.83. The fourth-order valence-electron chi connectivity index (χ4n) is 2.70. The molecule has 0 bridgehead atoms. The average Bonchev–Trinajstić information content (AvgIpc) is 2.67. The number of fused-ring (bicyclic) bond motifs is 1. The van der Waals surface area contributed by atoms with E-state index in [0.717, 1.165) is 11.1 Å². The zero-order valence-electron chi connectivity index (χ0n) is 13.9. The Morgan fingerprint density at radius 1 is 0.815 bits per heavy atom. The highest BCUT2D eigenvalue weighted by molar-refractivity contribution is 6.30. The lowest BCUT2D eigenvalue weighted by Crippen LogP contribution is -1.99. The summed E-state index contributed by atoms with van der Waals surface area (Å²) in [6, 6.07) is 17.3. The summed E-state index contributed by atoms with van der Waals surface area (Å²) in [5.74, 6) is -0.636. The lowest BCUT2D eigenvalue weighted by molar-refractivity contribution is 0.368. The minimum atomic E-state index is -0.584. The van der Waals surface area contributed by atoms with Crippen LogP contribution in [-0.4, -0.2) is 25.3 Å². The Morgan fingerprint density at radius 3 is 2.19 bits per heavy atom. The number of benzene rings is 3. The van der Waals surface area contributed by atoms with Crippen molar-refractivity contribution in [2.75, 3.05) is 5.32 Å². The Bertz CT molecular complexity index is 1120. The second kappa shape index (κ2) is 6.66. The van der Waals surface area contributed by atoms with E-state index in [1.54, 1.807) is 12.1 Å². The molecule has 0 spiro atoms. The summed E-state index contributed by atoms with van der Waals surface area (Å²) in [4.78, 5) is 9.04. The van der Waals surface area contributed by atoms with Crippen molar-refractivity contribution in [3.63, 3.8) is 0 Å². The summed E-state index contributed by atoms with van der Waals surface area (Å²) < 4.78 is 0. The first-order chi connectivity index (χ1) is 13.0. The number of rotatable bonds is 3. The summed E-state index contributed by atoms with van der Waals surface area (Å²) in [6.07, 6.45) is 0. The Hall–Kier alpha value is -3.51. The molecule has 7 heteroatoms. The van der Waals surface area contributed by atoms with Crippen LogP contribution in [0.5, 0.6) is 17.2 Å². The summed E-state index contributed by atoms with van der Waals surface area (Å²) in [5.41, 5.74) is 1.85. The largest absolute Gasteiger partial charge is 0.504 e. The van der Waals surface area contributed by atoms with Crippen molar-refractivity contribution in [3.05, 3.63) is 65.7 Å². The van der Waals surface area contributed by atoms with Gasteiger partial charge in [-0.15, -0.1) is 0 Å². The predicted octanol–water partition coefficient (Wildman–Crippen LogP) is 4.81. The molecule has 0 saturated carbocycles. The van der Waals surface area contributed by atoms with Crippen LogP contribution in [0.3, 0.4) is 0 Å². The number of phenolic OH excluding ortho intramolecular Hbond substituents is 3. The van der Waals surface area contributed by atoms with Crippen molar-refractivity contribution in [2.45, 2.75) is 0 Å². The van der Waals surface area contributed by atoms with Crippen molar-refractivity contribution >= 4 is 34.0 Å². The van der Waals surface area contributed by atoms with Crippen LogP contribution in [0.2, 0.25) is 5.02 Å². The number of anilines is 2. The second-order valence-corrected chi connectivity index (χ2v) is 6.34. The van der Waals surface area contributed by atoms with Crippen LogP contribution in [0.1, 0.15) is 0 Å². The molecule has 0 radical (unpaired) electrons. The van der Waals surface area contributed by atoms with Gasteiger partial charge in [0.1, 0.15) is 5.82 Å². The van der Waals surface area contributed by atoms with Gasteiger partial charge in [-0.1, -0.05) is 23.7 Å². The number of nitrogens with zero attached hydrogens (tertiary/aromatic N) is 2. The highest BCUT2D eigenvalue weighted by Gasteiger charge is 2.14. The number of halogens is 1. The van der Waals surface area contributed by atoms with Crippen molar-refractivity contribution in [3.8, 4) is 28.6 Å². The molecular formula is C20H14ClN3O3. The first-order valence-electron chi connectivity index (χ1n) is 8.06. The molecule has 0 amide bonds. The predicted molar refractivity (Wildman–Crippen MR) is 105 cm³/mol. The van der Waals surface area contributed by atoms with Gasteiger partial charge in [0.15, 0.2) is 23.1 Å². The number of phenols is 3. The molecular weight excluding hydrogens is 366 g/mol. The normalized spacial score (nSPS) is 10.9. The topological polar surface area (TPSA) is 98.5 Å². The van der Waals surface area contributed by atoms with E-state index in [9.17, 15) is 15.3 Å². The highest BCUT2D eigenvalue weighted by Crippen LogP contribution is 2.39. The summed E-state index contributed by atoms with van der Waals surface area (Å²) in [5, 5.41) is 33.8. The Morgan fingerprint density at radius 2 is 1.48 bits per heavy atom. The first kappa shape index (κ1) is 16.9. The molecule has 4 rings (SSSR count). The van der Waals surface area contributed by atoms with Gasteiger partial charge < -0.3 is 20.6 Å². The van der Waals surface area contributed by atoms with Crippen molar-refractivity contribution in [1.29, 1.82) is 0 Å². The minimum Gasteiger partial charge on any atom is -0.504 e.